The summed E-state index contributed by atoms with van der Waals surface area (Å²) in [5.74, 6) is 0. The molecule has 0 aromatic heterocycles. The Labute approximate surface area is 116 Å². The fraction of sp³-hybridized carbons (Fsp3) is 0.444. The topological polar surface area (TPSA) is 3.24 Å². The number of aryl methyl sites for hydroxylation is 1. The van der Waals surface area contributed by atoms with Crippen LogP contribution in [0.2, 0.25) is 0 Å². The fourth-order valence-corrected chi connectivity index (χ4v) is 3.63. The highest BCUT2D eigenvalue weighted by atomic mass is 15.2. The van der Waals surface area contributed by atoms with Gasteiger partial charge in [-0.1, -0.05) is 30.3 Å². The fourth-order valence-electron chi connectivity index (χ4n) is 3.63. The Bertz CT molecular complexity index is 642. The Hall–Kier alpha value is -1.34. The second-order valence-corrected chi connectivity index (χ2v) is 6.84. The number of nitrogens with zero attached hydrogens (tertiary/aromatic N) is 1. The lowest BCUT2D eigenvalue weighted by molar-refractivity contribution is 0.0354. The van der Waals surface area contributed by atoms with E-state index in [1.54, 1.807) is 0 Å². The van der Waals surface area contributed by atoms with E-state index in [1.807, 2.05) is 0 Å². The minimum absolute atomic E-state index is 0.0593. The van der Waals surface area contributed by atoms with Crippen LogP contribution in [0.1, 0.15) is 44.4 Å². The van der Waals surface area contributed by atoms with Crippen LogP contribution in [0.25, 0.3) is 10.8 Å². The molecule has 3 rings (SSSR count). The highest BCUT2D eigenvalue weighted by molar-refractivity contribution is 5.93. The predicted molar refractivity (Wildman–Crippen MR) is 82.5 cm³/mol. The average molecular weight is 253 g/mol. The zero-order chi connectivity index (χ0) is 14.0. The van der Waals surface area contributed by atoms with Gasteiger partial charge in [0.05, 0.1) is 0 Å². The zero-order valence-corrected chi connectivity index (χ0v) is 12.8. The molecule has 0 saturated heterocycles. The lowest BCUT2D eigenvalue weighted by Gasteiger charge is -2.51. The van der Waals surface area contributed by atoms with Crippen LogP contribution >= 0.6 is 0 Å². The van der Waals surface area contributed by atoms with Crippen LogP contribution in [0, 0.1) is 6.92 Å². The van der Waals surface area contributed by atoms with Gasteiger partial charge in [-0.3, -0.25) is 4.90 Å². The first-order chi connectivity index (χ1) is 8.78. The normalized spacial score (nSPS) is 20.7. The summed E-state index contributed by atoms with van der Waals surface area (Å²) in [4.78, 5) is 2.49. The quantitative estimate of drug-likeness (QED) is 0.665. The first-order valence-electron chi connectivity index (χ1n) is 7.05. The van der Waals surface area contributed by atoms with Gasteiger partial charge in [-0.25, -0.2) is 0 Å². The van der Waals surface area contributed by atoms with Crippen LogP contribution < -0.4 is 0 Å². The molecule has 0 unspecified atom stereocenters. The third-order valence-corrected chi connectivity index (χ3v) is 5.25. The van der Waals surface area contributed by atoms with E-state index in [-0.39, 0.29) is 11.1 Å². The van der Waals surface area contributed by atoms with Gasteiger partial charge in [0, 0.05) is 11.1 Å². The maximum atomic E-state index is 2.49. The van der Waals surface area contributed by atoms with Crippen molar-refractivity contribution < 1.29 is 0 Å². The van der Waals surface area contributed by atoms with Crippen LogP contribution in [-0.2, 0) is 11.1 Å². The lowest BCUT2D eigenvalue weighted by atomic mass is 9.74. The van der Waals surface area contributed by atoms with E-state index in [0.717, 1.165) is 0 Å². The van der Waals surface area contributed by atoms with E-state index >= 15 is 0 Å². The maximum absolute atomic E-state index is 2.49. The molecule has 0 spiro atoms. The summed E-state index contributed by atoms with van der Waals surface area (Å²) in [6.45, 7) is 11.5. The average Bonchev–Trinajstić information content (AvgIpc) is 2.36. The number of benzene rings is 2. The molecule has 19 heavy (non-hydrogen) atoms. The van der Waals surface area contributed by atoms with Crippen LogP contribution in [0.15, 0.2) is 30.3 Å². The number of rotatable bonds is 0. The molecule has 1 heteroatoms. The molecule has 100 valence electrons. The van der Waals surface area contributed by atoms with Crippen LogP contribution in [0.4, 0.5) is 0 Å². The van der Waals surface area contributed by atoms with E-state index in [0.29, 0.717) is 0 Å². The van der Waals surface area contributed by atoms with Crippen molar-refractivity contribution >= 4 is 10.8 Å². The molecular formula is C18H23N. The van der Waals surface area contributed by atoms with Gasteiger partial charge in [0.2, 0.25) is 0 Å². The SMILES string of the molecule is Cc1ccc2c3c(cccc13)C(C)(C)N(C)C2(C)C. The Balaban J connectivity index is 2.54. The van der Waals surface area contributed by atoms with Crippen molar-refractivity contribution in [2.45, 2.75) is 45.7 Å². The molecule has 0 fully saturated rings. The summed E-state index contributed by atoms with van der Waals surface area (Å²) in [7, 11) is 2.24. The molecule has 1 heterocycles. The lowest BCUT2D eigenvalue weighted by Crippen LogP contribution is -2.52. The van der Waals surface area contributed by atoms with Gasteiger partial charge in [-0.15, -0.1) is 0 Å². The van der Waals surface area contributed by atoms with Gasteiger partial charge in [0.1, 0.15) is 0 Å². The molecule has 0 aliphatic carbocycles. The predicted octanol–water partition coefficient (Wildman–Crippen LogP) is 4.56. The summed E-state index contributed by atoms with van der Waals surface area (Å²) in [5.41, 5.74) is 4.39. The van der Waals surface area contributed by atoms with Crippen molar-refractivity contribution in [2.75, 3.05) is 7.05 Å². The standard InChI is InChI=1S/C18H23N/c1-12-10-11-15-16-13(12)8-7-9-14(16)17(2,3)19(6)18(15,4)5/h7-11H,1-6H3. The first kappa shape index (κ1) is 12.7. The van der Waals surface area contributed by atoms with Crippen LogP contribution in [0.3, 0.4) is 0 Å². The van der Waals surface area contributed by atoms with Gasteiger partial charge in [-0.05, 0) is 69.1 Å². The largest absolute Gasteiger partial charge is 0.288 e. The Morgan fingerprint density at radius 2 is 1.42 bits per heavy atom. The summed E-state index contributed by atoms with van der Waals surface area (Å²) in [6, 6.07) is 11.3. The minimum atomic E-state index is 0.0593. The van der Waals surface area contributed by atoms with E-state index < -0.39 is 0 Å². The summed E-state index contributed by atoms with van der Waals surface area (Å²) >= 11 is 0. The summed E-state index contributed by atoms with van der Waals surface area (Å²) in [6.07, 6.45) is 0. The smallest absolute Gasteiger partial charge is 0.0416 e. The third-order valence-electron chi connectivity index (χ3n) is 5.25. The van der Waals surface area contributed by atoms with Crippen molar-refractivity contribution in [2.24, 2.45) is 0 Å². The van der Waals surface area contributed by atoms with E-state index in [2.05, 4.69) is 76.9 Å². The molecular weight excluding hydrogens is 230 g/mol. The molecule has 0 bridgehead atoms. The molecule has 0 N–H and O–H groups in total. The molecule has 1 aliphatic heterocycles. The van der Waals surface area contributed by atoms with Gasteiger partial charge >= 0.3 is 0 Å². The molecule has 0 amide bonds. The van der Waals surface area contributed by atoms with Crippen LogP contribution in [-0.4, -0.2) is 11.9 Å². The van der Waals surface area contributed by atoms with Crippen molar-refractivity contribution in [3.8, 4) is 0 Å². The van der Waals surface area contributed by atoms with Gasteiger partial charge in [0.25, 0.3) is 0 Å². The van der Waals surface area contributed by atoms with Crippen LogP contribution in [0.5, 0.6) is 0 Å². The molecule has 0 radical (unpaired) electrons. The highest BCUT2D eigenvalue weighted by Gasteiger charge is 2.43. The number of hydrogen-bond donors (Lipinski definition) is 0. The van der Waals surface area contributed by atoms with Crippen molar-refractivity contribution in [1.82, 2.24) is 4.90 Å². The summed E-state index contributed by atoms with van der Waals surface area (Å²) < 4.78 is 0. The molecule has 2 aromatic rings. The number of hydrogen-bond acceptors (Lipinski definition) is 1. The Morgan fingerprint density at radius 1 is 0.842 bits per heavy atom. The van der Waals surface area contributed by atoms with E-state index in [1.165, 1.54) is 27.5 Å². The van der Waals surface area contributed by atoms with Crippen molar-refractivity contribution in [3.63, 3.8) is 0 Å². The van der Waals surface area contributed by atoms with Crippen molar-refractivity contribution in [1.29, 1.82) is 0 Å². The highest BCUT2D eigenvalue weighted by Crippen LogP contribution is 2.48. The second-order valence-electron chi connectivity index (χ2n) is 6.84. The molecule has 1 aliphatic rings. The van der Waals surface area contributed by atoms with E-state index in [9.17, 15) is 0 Å². The molecule has 2 aromatic carbocycles. The van der Waals surface area contributed by atoms with Gasteiger partial charge in [-0.2, -0.15) is 0 Å². The molecule has 0 atom stereocenters. The first-order valence-corrected chi connectivity index (χ1v) is 7.05. The Morgan fingerprint density at radius 3 is 2.05 bits per heavy atom. The minimum Gasteiger partial charge on any atom is -0.288 e. The zero-order valence-electron chi connectivity index (χ0n) is 12.8. The molecule has 0 saturated carbocycles. The second kappa shape index (κ2) is 3.61. The van der Waals surface area contributed by atoms with Crippen molar-refractivity contribution in [3.05, 3.63) is 47.0 Å². The summed E-state index contributed by atoms with van der Waals surface area (Å²) in [5, 5.41) is 2.87. The third kappa shape index (κ3) is 1.45. The van der Waals surface area contributed by atoms with Gasteiger partial charge in [0.15, 0.2) is 0 Å². The maximum Gasteiger partial charge on any atom is 0.0416 e. The van der Waals surface area contributed by atoms with Gasteiger partial charge < -0.3 is 0 Å². The Kier molecular flexibility index (Phi) is 2.41. The molecule has 1 nitrogen and oxygen atoms in total. The monoisotopic (exact) mass is 253 g/mol. The van der Waals surface area contributed by atoms with E-state index in [4.69, 9.17) is 0 Å².